The Morgan fingerprint density at radius 2 is 0.537 bits per heavy atom. The second-order valence-corrected chi connectivity index (χ2v) is 32.5. The highest BCUT2D eigenvalue weighted by Crippen LogP contribution is 2.48. The van der Waals surface area contributed by atoms with Crippen LogP contribution in [-0.2, 0) is 0 Å². The Bertz CT molecular complexity index is 7990. The Balaban J connectivity index is 0.000000119. The van der Waals surface area contributed by atoms with Gasteiger partial charge >= 0.3 is 24.0 Å². The number of rotatable bonds is 17. The second-order valence-electron chi connectivity index (χ2n) is 32.5. The molecule has 0 atom stereocenters. The van der Waals surface area contributed by atoms with E-state index < -0.39 is 0 Å². The lowest BCUT2D eigenvalue weighted by molar-refractivity contribution is 0.221. The largest absolute Gasteiger partial charge is 0.508 e. The normalized spacial score (nSPS) is 11.4. The van der Waals surface area contributed by atoms with Gasteiger partial charge in [0.25, 0.3) is 0 Å². The Labute approximate surface area is 763 Å². The second kappa shape index (κ2) is 36.4. The molecule has 0 radical (unpaired) electrons. The van der Waals surface area contributed by atoms with Gasteiger partial charge in [0.15, 0.2) is 46.6 Å². The molecular weight excluding hydrogens is 1700 g/mol. The number of hydrogen-bond acceptors (Lipinski definition) is 28. The van der Waals surface area contributed by atoms with Crippen LogP contribution in [0.5, 0.6) is 93.0 Å². The fourth-order valence-corrected chi connectivity index (χ4v) is 16.2. The summed E-state index contributed by atoms with van der Waals surface area (Å²) in [5.74, 6) is -2.44. The number of hydrogen-bond donors (Lipinski definition) is 12. The summed E-state index contributed by atoms with van der Waals surface area (Å²) in [5, 5.41) is 141. The summed E-state index contributed by atoms with van der Waals surface area (Å²) in [6.45, 7) is 13.5. The summed E-state index contributed by atoms with van der Waals surface area (Å²) in [6, 6.07) is 82.2. The topological polar surface area (TPSA) is 434 Å². The van der Waals surface area contributed by atoms with Gasteiger partial charge in [-0.05, 0) is 181 Å². The minimum absolute atomic E-state index is 0.00965. The monoisotopic (exact) mass is 1780 g/mol. The zero-order valence-corrected chi connectivity index (χ0v) is 72.9. The van der Waals surface area contributed by atoms with Gasteiger partial charge in [-0.3, -0.25) is 0 Å². The number of fused-ring (bicyclic) bond motifs is 7. The van der Waals surface area contributed by atoms with Crippen molar-refractivity contribution in [2.75, 3.05) is 6.61 Å². The van der Waals surface area contributed by atoms with Crippen molar-refractivity contribution in [1.82, 2.24) is 59.8 Å². The van der Waals surface area contributed by atoms with Crippen LogP contribution in [0, 0.1) is 0 Å². The number of aromatic hydroxyl groups is 12. The maximum absolute atomic E-state index is 10.5. The molecule has 28 heteroatoms. The maximum Gasteiger partial charge on any atom is 0.320 e. The molecule has 0 aliphatic rings. The number of aromatic nitrogens is 12. The zero-order valence-electron chi connectivity index (χ0n) is 72.9. The average molecular weight is 1780 g/mol. The van der Waals surface area contributed by atoms with E-state index >= 15 is 0 Å². The van der Waals surface area contributed by atoms with E-state index in [2.05, 4.69) is 133 Å². The molecule has 12 N–H and O–H groups in total. The van der Waals surface area contributed by atoms with Crippen LogP contribution in [0.1, 0.15) is 54.9 Å². The summed E-state index contributed by atoms with van der Waals surface area (Å²) in [6.07, 6.45) is 0.138. The fourth-order valence-electron chi connectivity index (χ4n) is 16.2. The summed E-state index contributed by atoms with van der Waals surface area (Å²) in [5.41, 5.74) is 3.00. The Kier molecular flexibility index (Phi) is 23.6. The van der Waals surface area contributed by atoms with E-state index in [1.165, 1.54) is 5.39 Å². The molecule has 0 aliphatic carbocycles. The highest BCUT2D eigenvalue weighted by atomic mass is 16.5. The lowest BCUT2D eigenvalue weighted by atomic mass is 9.92. The van der Waals surface area contributed by atoms with Gasteiger partial charge in [0, 0.05) is 70.8 Å². The predicted octanol–water partition coefficient (Wildman–Crippen LogP) is 22.3. The molecule has 4 heterocycles. The number of benzene rings is 17. The van der Waals surface area contributed by atoms with Gasteiger partial charge in [0.05, 0.1) is 24.9 Å². The Morgan fingerprint density at radius 3 is 0.993 bits per heavy atom. The van der Waals surface area contributed by atoms with Crippen LogP contribution in [0.3, 0.4) is 0 Å². The summed E-state index contributed by atoms with van der Waals surface area (Å²) < 4.78 is 23.0. The molecule has 134 heavy (non-hydrogen) atoms. The van der Waals surface area contributed by atoms with Gasteiger partial charge in [-0.1, -0.05) is 189 Å². The van der Waals surface area contributed by atoms with Crippen molar-refractivity contribution in [3.05, 3.63) is 267 Å². The molecule has 0 fully saturated rings. The van der Waals surface area contributed by atoms with E-state index in [0.29, 0.717) is 29.9 Å². The fraction of sp³-hybridized carbons (Fsp3) is 0.113. The van der Waals surface area contributed by atoms with Crippen molar-refractivity contribution in [2.45, 2.75) is 73.2 Å². The van der Waals surface area contributed by atoms with E-state index in [4.69, 9.17) is 18.9 Å². The van der Waals surface area contributed by atoms with Crippen LogP contribution in [0.25, 0.3) is 188 Å². The molecule has 4 aromatic heterocycles. The minimum atomic E-state index is -0.358. The van der Waals surface area contributed by atoms with Crippen LogP contribution in [-0.4, -0.2) is 146 Å². The predicted molar refractivity (Wildman–Crippen MR) is 515 cm³/mol. The quantitative estimate of drug-likeness (QED) is 0.0297. The number of ether oxygens (including phenoxy) is 4. The molecule has 0 unspecified atom stereocenters. The van der Waals surface area contributed by atoms with Crippen molar-refractivity contribution in [1.29, 1.82) is 0 Å². The first-order valence-corrected chi connectivity index (χ1v) is 42.8. The van der Waals surface area contributed by atoms with E-state index in [1.54, 1.807) is 0 Å². The van der Waals surface area contributed by atoms with Crippen LogP contribution in [0.2, 0.25) is 0 Å². The van der Waals surface area contributed by atoms with Crippen LogP contribution in [0.4, 0.5) is 0 Å². The summed E-state index contributed by atoms with van der Waals surface area (Å²) >= 11 is 0. The van der Waals surface area contributed by atoms with Gasteiger partial charge in [-0.2, -0.15) is 39.9 Å². The van der Waals surface area contributed by atoms with Gasteiger partial charge in [-0.25, -0.2) is 19.9 Å². The standard InChI is InChI=1S/C28H21N3O4.3C26H21N3O4/c1-14(2)35-28-30-26(29-27(31-28)25-21(33)12-18(32)13-22(25)34)20-11-9-17-7-6-15-4-3-5-16-8-10-19(20)24(17)23(15)16;1-14(2)33-26-28-24(27-25(29-26)23-20(31)12-17(30)13-21(23)32)22-18-9-5-3-7-15(18)11-16-8-4-6-10-19(16)22;1-14(2)33-26-28-24(27-25(29-26)23-21(31)12-16(30)13-22(23)32)20-11-15-7-3-4-8-17(15)18-9-5-6-10-19(18)20;1-2-9-33-26-28-24(27-25(29-26)23-21(31)13-20(30)14-22(23)32)18-8-7-17-10-15-5-3-4-6-16(15)11-19(17)12-18/h3-14,32-34H,1-2H3;2*3-14,30-32H,1-2H3;3-8,10-14,30-32H,2,9H2,1H3. The first-order valence-electron chi connectivity index (χ1n) is 42.8. The van der Waals surface area contributed by atoms with E-state index in [0.717, 1.165) is 169 Å². The number of nitrogens with zero attached hydrogens (tertiary/aromatic N) is 12. The highest BCUT2D eigenvalue weighted by Gasteiger charge is 2.28. The van der Waals surface area contributed by atoms with Gasteiger partial charge < -0.3 is 80.2 Å². The molecule has 0 aliphatic heterocycles. The molecule has 0 spiro atoms. The van der Waals surface area contributed by atoms with Crippen molar-refractivity contribution in [3.63, 3.8) is 0 Å². The highest BCUT2D eigenvalue weighted by molar-refractivity contribution is 6.25. The molecule has 664 valence electrons. The molecular formula is C106H84N12O16. The van der Waals surface area contributed by atoms with E-state index in [1.807, 2.05) is 194 Å². The molecule has 0 amide bonds. The van der Waals surface area contributed by atoms with Crippen molar-refractivity contribution in [3.8, 4) is 184 Å². The van der Waals surface area contributed by atoms with Crippen molar-refractivity contribution >= 4 is 97.0 Å². The van der Waals surface area contributed by atoms with E-state index in [9.17, 15) is 61.3 Å². The molecule has 21 rings (SSSR count). The van der Waals surface area contributed by atoms with Crippen molar-refractivity contribution in [2.24, 2.45) is 0 Å². The first kappa shape index (κ1) is 86.9. The van der Waals surface area contributed by atoms with Crippen LogP contribution < -0.4 is 18.9 Å². The lowest BCUT2D eigenvalue weighted by Crippen LogP contribution is -2.10. The molecule has 17 aromatic carbocycles. The third-order valence-corrected chi connectivity index (χ3v) is 21.9. The Hall–Kier alpha value is -17.8. The third kappa shape index (κ3) is 17.7. The van der Waals surface area contributed by atoms with Gasteiger partial charge in [0.2, 0.25) is 0 Å². The smallest absolute Gasteiger partial charge is 0.320 e. The average Bonchev–Trinajstić information content (AvgIpc) is 0.728. The lowest BCUT2D eigenvalue weighted by Gasteiger charge is -2.15. The summed E-state index contributed by atoms with van der Waals surface area (Å²) in [4.78, 5) is 53.7. The zero-order chi connectivity index (χ0) is 93.4. The van der Waals surface area contributed by atoms with Gasteiger partial charge in [-0.15, -0.1) is 0 Å². The SMILES string of the molecule is CC(C)Oc1nc(-c2c(O)cc(O)cc2O)nc(-c2c3ccccc3cc3ccccc23)n1.CC(C)Oc1nc(-c2c(O)cc(O)cc2O)nc(-c2cc3ccccc3c3ccccc23)n1.CC(C)Oc1nc(-c2c(O)cc(O)cc2O)nc(-c2ccc3ccc4cccc5ccc2c3c45)n1.CCCOc1nc(-c2ccc3cc4ccccc4cc3c2)nc(-c2c(O)cc(O)cc2O)n1. The van der Waals surface area contributed by atoms with E-state index in [-0.39, 0.29) is 157 Å². The molecule has 0 bridgehead atoms. The first-order chi connectivity index (χ1) is 64.7. The number of phenols is 12. The van der Waals surface area contributed by atoms with Gasteiger partial charge in [0.1, 0.15) is 91.2 Å². The molecule has 28 nitrogen and oxygen atoms in total. The summed E-state index contributed by atoms with van der Waals surface area (Å²) in [7, 11) is 0. The van der Waals surface area contributed by atoms with Crippen LogP contribution in [0.15, 0.2) is 267 Å². The molecule has 0 saturated heterocycles. The number of phenolic OH excluding ortho intramolecular Hbond substituents is 12. The molecule has 21 aromatic rings. The minimum Gasteiger partial charge on any atom is -0.508 e. The Morgan fingerprint density at radius 1 is 0.224 bits per heavy atom. The van der Waals surface area contributed by atoms with Crippen molar-refractivity contribution < 1.29 is 80.2 Å². The third-order valence-electron chi connectivity index (χ3n) is 21.9. The molecule has 0 saturated carbocycles. The maximum atomic E-state index is 10.5. The van der Waals surface area contributed by atoms with Crippen LogP contribution >= 0.6 is 0 Å².